The molecule has 0 aliphatic carbocycles. The number of hydrogen-bond donors (Lipinski definition) is 0. The third-order valence-corrected chi connectivity index (χ3v) is 4.43. The van der Waals surface area contributed by atoms with Crippen LogP contribution in [0.2, 0.25) is 0 Å². The van der Waals surface area contributed by atoms with Gasteiger partial charge in [0.2, 0.25) is 0 Å². The Morgan fingerprint density at radius 3 is 1.37 bits per heavy atom. The fourth-order valence-corrected chi connectivity index (χ4v) is 2.10. The summed E-state index contributed by atoms with van der Waals surface area (Å²) >= 11 is 0. The predicted octanol–water partition coefficient (Wildman–Crippen LogP) is 5.04. The fraction of sp³-hybridized carbons (Fsp3) is 0.923. The lowest BCUT2D eigenvalue weighted by atomic mass is 9.92. The number of esters is 1. The quantitative estimate of drug-likeness (QED) is 0.0674. The monoisotopic (exact) mass is 559 g/mol. The van der Waals surface area contributed by atoms with Crippen molar-refractivity contribution in [2.45, 2.75) is 67.3 Å². The maximum atomic E-state index is 14.0. The van der Waals surface area contributed by atoms with Crippen LogP contribution in [0.3, 0.4) is 0 Å². The molecule has 0 N–H and O–H groups in total. The van der Waals surface area contributed by atoms with Crippen molar-refractivity contribution in [3.8, 4) is 0 Å². The molecule has 0 aliphatic heterocycles. The first-order chi connectivity index (χ1) is 15.1. The van der Waals surface area contributed by atoms with E-state index in [1.165, 1.54) is 0 Å². The molecule has 35 heavy (non-hydrogen) atoms. The van der Waals surface area contributed by atoms with Gasteiger partial charge in [0.1, 0.15) is 4.76 Å². The molecule has 1 atom stereocenters. The Morgan fingerprint density at radius 2 is 1.06 bits per heavy atom. The number of nitro groups is 1. The smallest absolute Gasteiger partial charge is 0.469 e. The van der Waals surface area contributed by atoms with Crippen LogP contribution in [-0.4, -0.2) is 70.3 Å². The average molecular weight is 559 g/mol. The second-order valence-electron chi connectivity index (χ2n) is 6.76. The lowest BCUT2D eigenvalue weighted by Crippen LogP contribution is -2.74. The molecule has 0 amide bonds. The Labute approximate surface area is 181 Å². The van der Waals surface area contributed by atoms with E-state index in [2.05, 4.69) is 4.74 Å². The van der Waals surface area contributed by atoms with Crippen LogP contribution in [-0.2, 0) is 9.53 Å². The van der Waals surface area contributed by atoms with Crippen LogP contribution >= 0.6 is 0 Å². The Kier molecular flexibility index (Phi) is 8.17. The molecule has 0 aromatic carbocycles. The molecule has 0 saturated carbocycles. The minimum absolute atomic E-state index is 0.352. The molecule has 0 heterocycles. The molecule has 0 saturated heterocycles. The summed E-state index contributed by atoms with van der Waals surface area (Å²) in [5.74, 6) is -43.8. The van der Waals surface area contributed by atoms with Crippen molar-refractivity contribution in [3.05, 3.63) is 15.0 Å². The molecule has 0 aromatic heterocycles. The van der Waals surface area contributed by atoms with Gasteiger partial charge in [-0.1, -0.05) is 0 Å². The summed E-state index contributed by atoms with van der Waals surface area (Å²) in [5.41, 5.74) is -4.30. The van der Waals surface area contributed by atoms with Gasteiger partial charge in [0.15, 0.2) is 0 Å². The molecule has 0 radical (unpaired) electrons. The van der Waals surface area contributed by atoms with Crippen LogP contribution in [0.1, 0.15) is 19.8 Å². The molecule has 7 nitrogen and oxygen atoms in total. The van der Waals surface area contributed by atoms with Crippen molar-refractivity contribution in [2.75, 3.05) is 7.11 Å². The number of ether oxygens (including phenoxy) is 1. The highest BCUT2D eigenvalue weighted by molar-refractivity contribution is 5.69. The lowest BCUT2D eigenvalue weighted by molar-refractivity contribution is -0.890. The number of carbonyl (C=O) groups is 1. The highest BCUT2D eigenvalue weighted by Crippen LogP contribution is 2.62. The van der Waals surface area contributed by atoms with Gasteiger partial charge in [0, 0.05) is 4.91 Å². The van der Waals surface area contributed by atoms with Crippen LogP contribution < -0.4 is 0 Å². The highest BCUT2D eigenvalue weighted by atomic mass is 19.4. The van der Waals surface area contributed by atoms with Gasteiger partial charge in [-0.3, -0.25) is 14.9 Å². The minimum Gasteiger partial charge on any atom is -0.469 e. The zero-order valence-corrected chi connectivity index (χ0v) is 16.5. The van der Waals surface area contributed by atoms with Crippen LogP contribution in [0.25, 0.3) is 0 Å². The van der Waals surface area contributed by atoms with Gasteiger partial charge >= 0.3 is 53.5 Å². The Balaban J connectivity index is 6.81. The lowest BCUT2D eigenvalue weighted by Gasteiger charge is -2.39. The molecule has 206 valence electrons. The molecule has 0 aliphatic rings. The van der Waals surface area contributed by atoms with Crippen molar-refractivity contribution >= 4 is 5.97 Å². The highest BCUT2D eigenvalue weighted by Gasteiger charge is 2.97. The Hall–Kier alpha value is -2.58. The van der Waals surface area contributed by atoms with Gasteiger partial charge in [-0.25, -0.2) is 0 Å². The van der Waals surface area contributed by atoms with Gasteiger partial charge < -0.3 is 4.74 Å². The molecule has 0 aromatic rings. The summed E-state index contributed by atoms with van der Waals surface area (Å²) in [6.45, 7) is -0.352. The number of nitroso groups, excluding NO2 is 1. The van der Waals surface area contributed by atoms with Gasteiger partial charge in [-0.2, -0.15) is 57.1 Å². The number of rotatable bonds is 11. The SMILES string of the molecule is COC(=O)CCC(C)([N+](=O)[O-])[N+](=O)C(F)(F)C(F)(F)C(F)(F)C(F)(F)C(F)(F)C(F)(F)C(F)(F)F. The molecular formula is C13H10F15N2O5+. The van der Waals surface area contributed by atoms with E-state index in [0.29, 0.717) is 7.11 Å². The summed E-state index contributed by atoms with van der Waals surface area (Å²) in [6, 6.07) is -7.57. The van der Waals surface area contributed by atoms with Gasteiger partial charge in [0.05, 0.1) is 31.8 Å². The van der Waals surface area contributed by atoms with Crippen LogP contribution in [0, 0.1) is 15.0 Å². The summed E-state index contributed by atoms with van der Waals surface area (Å²) in [7, 11) is 0.573. The largest absolute Gasteiger partial charge is 0.579 e. The molecule has 0 rings (SSSR count). The zero-order valence-electron chi connectivity index (χ0n) is 16.5. The predicted molar refractivity (Wildman–Crippen MR) is 76.0 cm³/mol. The second-order valence-corrected chi connectivity index (χ2v) is 6.76. The van der Waals surface area contributed by atoms with E-state index in [4.69, 9.17) is 0 Å². The van der Waals surface area contributed by atoms with E-state index in [-0.39, 0.29) is 6.92 Å². The third kappa shape index (κ3) is 4.54. The first-order valence-corrected chi connectivity index (χ1v) is 8.08. The second kappa shape index (κ2) is 8.82. The van der Waals surface area contributed by atoms with Crippen molar-refractivity contribution in [1.29, 1.82) is 0 Å². The van der Waals surface area contributed by atoms with E-state index in [1.807, 2.05) is 0 Å². The number of carbonyl (C=O) groups excluding carboxylic acids is 1. The Morgan fingerprint density at radius 1 is 0.714 bits per heavy atom. The van der Waals surface area contributed by atoms with Crippen LogP contribution in [0.4, 0.5) is 65.9 Å². The van der Waals surface area contributed by atoms with E-state index < -0.39 is 76.0 Å². The number of halogens is 15. The standard InChI is InChI=1S/C13H10F15N2O5/c1-6(30(33)34,4-3-5(31)35-2)29(32)13(27,28)11(22,23)9(18,19)7(14,15)8(16,17)10(20,21)12(24,25)26/h3-4H2,1-2H3/q+1. The first kappa shape index (κ1) is 32.4. The Bertz CT molecular complexity index is 857. The molecular weight excluding hydrogens is 549 g/mol. The summed E-state index contributed by atoms with van der Waals surface area (Å²) in [4.78, 5) is 31.3. The minimum atomic E-state index is -8.66. The number of hydrogen-bond acceptors (Lipinski definition) is 5. The summed E-state index contributed by atoms with van der Waals surface area (Å²) < 4.78 is 199. The molecule has 0 bridgehead atoms. The van der Waals surface area contributed by atoms with E-state index >= 15 is 0 Å². The van der Waals surface area contributed by atoms with Gasteiger partial charge in [0.25, 0.3) is 0 Å². The van der Waals surface area contributed by atoms with Crippen molar-refractivity contribution in [1.82, 2.24) is 0 Å². The number of nitrogens with zero attached hydrogens (tertiary/aromatic N) is 2. The zero-order chi connectivity index (χ0) is 28.9. The van der Waals surface area contributed by atoms with E-state index in [0.717, 1.165) is 0 Å². The van der Waals surface area contributed by atoms with Gasteiger partial charge in [-0.05, 0) is 0 Å². The normalized spacial score (nSPS) is 16.5. The molecule has 1 unspecified atom stereocenters. The first-order valence-electron chi connectivity index (χ1n) is 8.08. The van der Waals surface area contributed by atoms with Crippen LogP contribution in [0.5, 0.6) is 0 Å². The maximum Gasteiger partial charge on any atom is 0.579 e. The molecule has 22 heteroatoms. The summed E-state index contributed by atoms with van der Waals surface area (Å²) in [5, 5.41) is 10.9. The molecule has 0 fully saturated rings. The fourth-order valence-electron chi connectivity index (χ4n) is 2.10. The number of methoxy groups -OCH3 is 1. The van der Waals surface area contributed by atoms with E-state index in [9.17, 15) is 85.7 Å². The van der Waals surface area contributed by atoms with E-state index in [1.54, 1.807) is 0 Å². The van der Waals surface area contributed by atoms with Crippen molar-refractivity contribution < 1.29 is 85.1 Å². The van der Waals surface area contributed by atoms with Crippen molar-refractivity contribution in [2.24, 2.45) is 0 Å². The third-order valence-electron chi connectivity index (χ3n) is 4.43. The van der Waals surface area contributed by atoms with Crippen molar-refractivity contribution in [3.63, 3.8) is 0 Å². The number of alkyl halides is 15. The molecule has 0 spiro atoms. The topological polar surface area (TPSA) is 89.5 Å². The van der Waals surface area contributed by atoms with Crippen LogP contribution in [0.15, 0.2) is 0 Å². The van der Waals surface area contributed by atoms with Gasteiger partial charge in [-0.15, -0.1) is 8.78 Å². The maximum absolute atomic E-state index is 14.0. The summed E-state index contributed by atoms with van der Waals surface area (Å²) in [6.07, 6.45) is -11.2. The average Bonchev–Trinajstić information content (AvgIpc) is 2.69.